The van der Waals surface area contributed by atoms with E-state index in [1.807, 2.05) is 6.20 Å². The topological polar surface area (TPSA) is 33.1 Å². The van der Waals surface area contributed by atoms with Crippen molar-refractivity contribution in [3.05, 3.63) is 12.4 Å². The fourth-order valence-electron chi connectivity index (χ4n) is 2.70. The van der Waals surface area contributed by atoms with Crippen LogP contribution in [0.2, 0.25) is 0 Å². The van der Waals surface area contributed by atoms with Crippen molar-refractivity contribution >= 4 is 5.95 Å². The van der Waals surface area contributed by atoms with E-state index in [-0.39, 0.29) is 0 Å². The molecule has 94 valence electrons. The van der Waals surface area contributed by atoms with Gasteiger partial charge in [-0.2, -0.15) is 0 Å². The van der Waals surface area contributed by atoms with E-state index in [0.717, 1.165) is 24.5 Å². The second-order valence-corrected chi connectivity index (χ2v) is 5.32. The van der Waals surface area contributed by atoms with Crippen LogP contribution in [-0.2, 0) is 0 Å². The van der Waals surface area contributed by atoms with Crippen molar-refractivity contribution in [2.24, 2.45) is 5.92 Å². The molecule has 1 aliphatic carbocycles. The molecule has 0 spiro atoms. The van der Waals surface area contributed by atoms with Crippen molar-refractivity contribution in [2.45, 2.75) is 32.2 Å². The van der Waals surface area contributed by atoms with Crippen LogP contribution in [0.15, 0.2) is 12.4 Å². The number of nitrogens with one attached hydrogen (secondary N) is 1. The molecule has 2 fully saturated rings. The Labute approximate surface area is 103 Å². The zero-order valence-corrected chi connectivity index (χ0v) is 10.6. The molecule has 0 amide bonds. The summed E-state index contributed by atoms with van der Waals surface area (Å²) in [7, 11) is 0. The van der Waals surface area contributed by atoms with Gasteiger partial charge in [-0.15, -0.1) is 0 Å². The Kier molecular flexibility index (Phi) is 3.05. The molecule has 1 aromatic heterocycles. The molecule has 1 atom stereocenters. The highest BCUT2D eigenvalue weighted by molar-refractivity contribution is 5.27. The number of likely N-dealkylation sites (tertiary alicyclic amines) is 1. The molecule has 1 unspecified atom stereocenters. The predicted octanol–water partition coefficient (Wildman–Crippen LogP) is 1.97. The van der Waals surface area contributed by atoms with Crippen LogP contribution in [0.1, 0.15) is 32.2 Å². The standard InChI is InChI=1S/C13H22N4/c1-2-16-7-5-11(10-16)9-15-13-14-6-8-17(13)12-3-4-12/h6,8,11-12H,2-5,7,9-10H2,1H3,(H,14,15). The van der Waals surface area contributed by atoms with Crippen molar-refractivity contribution in [3.63, 3.8) is 0 Å². The van der Waals surface area contributed by atoms with Crippen LogP contribution in [0.4, 0.5) is 5.95 Å². The molecule has 0 bridgehead atoms. The van der Waals surface area contributed by atoms with Gasteiger partial charge >= 0.3 is 0 Å². The Hall–Kier alpha value is -1.03. The number of anilines is 1. The van der Waals surface area contributed by atoms with Gasteiger partial charge in [0.15, 0.2) is 0 Å². The summed E-state index contributed by atoms with van der Waals surface area (Å²) < 4.78 is 2.30. The van der Waals surface area contributed by atoms with Gasteiger partial charge < -0.3 is 14.8 Å². The van der Waals surface area contributed by atoms with Crippen molar-refractivity contribution in [3.8, 4) is 0 Å². The Morgan fingerprint density at radius 1 is 1.41 bits per heavy atom. The zero-order valence-electron chi connectivity index (χ0n) is 10.6. The fourth-order valence-corrected chi connectivity index (χ4v) is 2.70. The second kappa shape index (κ2) is 4.69. The first kappa shape index (κ1) is 11.1. The first-order chi connectivity index (χ1) is 8.36. The zero-order chi connectivity index (χ0) is 11.7. The Morgan fingerprint density at radius 3 is 3.00 bits per heavy atom. The van der Waals surface area contributed by atoms with E-state index in [1.54, 1.807) is 0 Å². The lowest BCUT2D eigenvalue weighted by Crippen LogP contribution is -2.23. The molecule has 3 rings (SSSR count). The molecule has 2 heterocycles. The number of aromatic nitrogens is 2. The van der Waals surface area contributed by atoms with Crippen molar-refractivity contribution in [1.29, 1.82) is 0 Å². The highest BCUT2D eigenvalue weighted by Gasteiger charge is 2.26. The van der Waals surface area contributed by atoms with Crippen LogP contribution in [-0.4, -0.2) is 40.6 Å². The molecule has 1 saturated carbocycles. The second-order valence-electron chi connectivity index (χ2n) is 5.32. The van der Waals surface area contributed by atoms with Gasteiger partial charge in [-0.3, -0.25) is 0 Å². The molecular weight excluding hydrogens is 212 g/mol. The number of imidazole rings is 1. The summed E-state index contributed by atoms with van der Waals surface area (Å²) in [6.45, 7) is 7.01. The van der Waals surface area contributed by atoms with Crippen molar-refractivity contribution < 1.29 is 0 Å². The monoisotopic (exact) mass is 234 g/mol. The van der Waals surface area contributed by atoms with E-state index in [4.69, 9.17) is 0 Å². The summed E-state index contributed by atoms with van der Waals surface area (Å²) in [6.07, 6.45) is 7.97. The average Bonchev–Trinajstić information content (AvgIpc) is 2.93. The molecule has 0 aromatic carbocycles. The highest BCUT2D eigenvalue weighted by atomic mass is 15.2. The fraction of sp³-hybridized carbons (Fsp3) is 0.769. The van der Waals surface area contributed by atoms with Crippen LogP contribution >= 0.6 is 0 Å². The van der Waals surface area contributed by atoms with Gasteiger partial charge in [-0.05, 0) is 38.3 Å². The molecular formula is C13H22N4. The van der Waals surface area contributed by atoms with Crippen LogP contribution in [0.5, 0.6) is 0 Å². The first-order valence-electron chi connectivity index (χ1n) is 6.86. The molecule has 0 radical (unpaired) electrons. The summed E-state index contributed by atoms with van der Waals surface area (Å²) in [6, 6.07) is 0.718. The SMILES string of the molecule is CCN1CCC(CNc2nccn2C2CC2)C1. The summed E-state index contributed by atoms with van der Waals surface area (Å²) in [5.74, 6) is 1.86. The van der Waals surface area contributed by atoms with Gasteiger partial charge in [0.25, 0.3) is 0 Å². The van der Waals surface area contributed by atoms with Crippen molar-refractivity contribution in [2.75, 3.05) is 31.5 Å². The largest absolute Gasteiger partial charge is 0.355 e. The van der Waals surface area contributed by atoms with Crippen LogP contribution in [0, 0.1) is 5.92 Å². The van der Waals surface area contributed by atoms with Crippen LogP contribution in [0.25, 0.3) is 0 Å². The summed E-state index contributed by atoms with van der Waals surface area (Å²) in [5, 5.41) is 3.53. The van der Waals surface area contributed by atoms with E-state index in [2.05, 4.69) is 32.9 Å². The van der Waals surface area contributed by atoms with Crippen molar-refractivity contribution in [1.82, 2.24) is 14.5 Å². The lowest BCUT2D eigenvalue weighted by molar-refractivity contribution is 0.344. The molecule has 1 saturated heterocycles. The Morgan fingerprint density at radius 2 is 2.29 bits per heavy atom. The smallest absolute Gasteiger partial charge is 0.203 e. The van der Waals surface area contributed by atoms with E-state index >= 15 is 0 Å². The molecule has 1 aliphatic heterocycles. The maximum atomic E-state index is 4.42. The van der Waals surface area contributed by atoms with Gasteiger partial charge in [0.2, 0.25) is 5.95 Å². The molecule has 4 nitrogen and oxygen atoms in total. The molecule has 2 aliphatic rings. The van der Waals surface area contributed by atoms with Gasteiger partial charge in [0, 0.05) is 31.5 Å². The minimum Gasteiger partial charge on any atom is -0.355 e. The van der Waals surface area contributed by atoms with E-state index in [1.165, 1.54) is 38.9 Å². The summed E-state index contributed by atoms with van der Waals surface area (Å²) in [5.41, 5.74) is 0. The van der Waals surface area contributed by atoms with Gasteiger partial charge in [0.05, 0.1) is 0 Å². The third kappa shape index (κ3) is 2.46. The van der Waals surface area contributed by atoms with Crippen LogP contribution in [0.3, 0.4) is 0 Å². The first-order valence-corrected chi connectivity index (χ1v) is 6.86. The third-order valence-corrected chi connectivity index (χ3v) is 3.97. The number of hydrogen-bond donors (Lipinski definition) is 1. The number of rotatable bonds is 5. The lowest BCUT2D eigenvalue weighted by Gasteiger charge is -2.14. The lowest BCUT2D eigenvalue weighted by atomic mass is 10.1. The number of hydrogen-bond acceptors (Lipinski definition) is 3. The number of nitrogens with zero attached hydrogens (tertiary/aromatic N) is 3. The minimum absolute atomic E-state index is 0.718. The van der Waals surface area contributed by atoms with Gasteiger partial charge in [0.1, 0.15) is 0 Å². The van der Waals surface area contributed by atoms with Gasteiger partial charge in [-0.25, -0.2) is 4.98 Å². The summed E-state index contributed by atoms with van der Waals surface area (Å²) in [4.78, 5) is 6.94. The molecule has 1 N–H and O–H groups in total. The van der Waals surface area contributed by atoms with E-state index in [9.17, 15) is 0 Å². The minimum atomic E-state index is 0.718. The molecule has 4 heteroatoms. The van der Waals surface area contributed by atoms with E-state index < -0.39 is 0 Å². The van der Waals surface area contributed by atoms with Gasteiger partial charge in [-0.1, -0.05) is 6.92 Å². The maximum Gasteiger partial charge on any atom is 0.203 e. The highest BCUT2D eigenvalue weighted by Crippen LogP contribution is 2.36. The Balaban J connectivity index is 1.52. The third-order valence-electron chi connectivity index (χ3n) is 3.97. The molecule has 1 aromatic rings. The summed E-state index contributed by atoms with van der Waals surface area (Å²) >= 11 is 0. The Bertz CT molecular complexity index is 369. The normalized spacial score (nSPS) is 25.4. The molecule has 17 heavy (non-hydrogen) atoms. The van der Waals surface area contributed by atoms with Crippen LogP contribution < -0.4 is 5.32 Å². The quantitative estimate of drug-likeness (QED) is 0.845. The predicted molar refractivity (Wildman–Crippen MR) is 69.2 cm³/mol. The maximum absolute atomic E-state index is 4.42. The average molecular weight is 234 g/mol. The van der Waals surface area contributed by atoms with E-state index in [0.29, 0.717) is 0 Å².